The van der Waals surface area contributed by atoms with E-state index < -0.39 is 24.0 Å². The Morgan fingerprint density at radius 2 is 1.49 bits per heavy atom. The van der Waals surface area contributed by atoms with Crippen molar-refractivity contribution in [3.63, 3.8) is 0 Å². The van der Waals surface area contributed by atoms with Gasteiger partial charge in [0.1, 0.15) is 17.7 Å². The zero-order chi connectivity index (χ0) is 38.8. The topological polar surface area (TPSA) is 191 Å². The summed E-state index contributed by atoms with van der Waals surface area (Å²) in [5.41, 5.74) is 1.50. The van der Waals surface area contributed by atoms with Crippen molar-refractivity contribution < 1.29 is 46.9 Å². The summed E-state index contributed by atoms with van der Waals surface area (Å²) in [5.74, 6) is -1.91. The highest BCUT2D eigenvalue weighted by Crippen LogP contribution is 2.34. The van der Waals surface area contributed by atoms with Crippen molar-refractivity contribution in [2.75, 3.05) is 88.7 Å². The summed E-state index contributed by atoms with van der Waals surface area (Å²) in [4.78, 5) is 47.0. The lowest BCUT2D eigenvalue weighted by atomic mass is 9.93. The molecule has 0 radical (unpaired) electrons. The first kappa shape index (κ1) is 45.0. The number of hydrogen-bond acceptors (Lipinski definition) is 11. The van der Waals surface area contributed by atoms with Crippen LogP contribution in [-0.2, 0) is 36.4 Å². The van der Waals surface area contributed by atoms with E-state index in [0.717, 1.165) is 5.56 Å². The summed E-state index contributed by atoms with van der Waals surface area (Å²) in [5, 5.41) is 26.0. The zero-order valence-corrected chi connectivity index (χ0v) is 31.7. The number of rotatable bonds is 21. The van der Waals surface area contributed by atoms with Gasteiger partial charge in [0.05, 0.1) is 57.7 Å². The molecule has 1 aromatic carbocycles. The van der Waals surface area contributed by atoms with E-state index in [2.05, 4.69) is 32.0 Å². The molecule has 2 fully saturated rings. The molecule has 3 amide bonds. The van der Waals surface area contributed by atoms with Crippen LogP contribution in [0, 0.1) is 17.2 Å². The summed E-state index contributed by atoms with van der Waals surface area (Å²) in [6, 6.07) is 9.69. The van der Waals surface area contributed by atoms with Gasteiger partial charge in [-0.3, -0.25) is 9.59 Å². The molecule has 2 aliphatic rings. The molecule has 1 atom stereocenters. The van der Waals surface area contributed by atoms with Crippen molar-refractivity contribution in [1.29, 1.82) is 5.26 Å². The quantitative estimate of drug-likeness (QED) is 0.135. The molecular weight excluding hydrogens is 746 g/mol. The van der Waals surface area contributed by atoms with Crippen LogP contribution in [0.3, 0.4) is 0 Å². The van der Waals surface area contributed by atoms with Crippen LogP contribution in [0.5, 0.6) is 0 Å². The number of aromatic nitrogens is 2. The van der Waals surface area contributed by atoms with Crippen molar-refractivity contribution >= 4 is 43.0 Å². The second kappa shape index (κ2) is 23.5. The van der Waals surface area contributed by atoms with Crippen molar-refractivity contribution in [2.24, 2.45) is 5.92 Å². The summed E-state index contributed by atoms with van der Waals surface area (Å²) in [7, 11) is 0. The first-order valence-electron chi connectivity index (χ1n) is 18.2. The first-order chi connectivity index (χ1) is 26.0. The fraction of sp³-hybridized carbons (Fsp3) is 0.611. The number of carboxylic acids is 1. The number of amides is 3. The lowest BCUT2D eigenvalue weighted by molar-refractivity contribution is -0.144. The highest BCUT2D eigenvalue weighted by atomic mass is 32.1. The molecule has 19 heteroatoms. The van der Waals surface area contributed by atoms with Gasteiger partial charge in [0.15, 0.2) is 0 Å². The minimum absolute atomic E-state index is 0. The number of anilines is 2. The maximum absolute atomic E-state index is 14.0. The number of nitriles is 1. The van der Waals surface area contributed by atoms with Crippen molar-refractivity contribution in [2.45, 2.75) is 57.2 Å². The van der Waals surface area contributed by atoms with Gasteiger partial charge in [0.25, 0.3) is 0 Å². The van der Waals surface area contributed by atoms with E-state index >= 15 is 0 Å². The van der Waals surface area contributed by atoms with Gasteiger partial charge in [-0.15, -0.1) is 0 Å². The van der Waals surface area contributed by atoms with Crippen LogP contribution >= 0.6 is 13.5 Å². The first-order valence-corrected chi connectivity index (χ1v) is 18.2. The zero-order valence-electron chi connectivity index (χ0n) is 30.7. The Hall–Kier alpha value is -4.38. The van der Waals surface area contributed by atoms with Crippen LogP contribution in [0.1, 0.15) is 55.5 Å². The normalized spacial score (nSPS) is 15.9. The average Bonchev–Trinajstić information content (AvgIpc) is 3.66. The molecule has 2 aromatic rings. The van der Waals surface area contributed by atoms with Crippen molar-refractivity contribution in [3.05, 3.63) is 47.3 Å². The number of carboxylic acid groups (broad SMARTS) is 1. The second-order valence-electron chi connectivity index (χ2n) is 13.0. The number of carbonyl (C=O) groups is 3. The molecule has 1 aromatic heterocycles. The Morgan fingerprint density at radius 1 is 0.855 bits per heavy atom. The minimum Gasteiger partial charge on any atom is -0.481 e. The standard InChI is InChI=1S/C36H49F3N8O7.H2S/c37-36(38,39)34-44-30(24-31(45-34)47-15-1-2-29(47)33(50)41-12-7-26-3-5-28(25-40)6-4-26)46-16-9-27(10-17-46)8-13-42-35(51)43-14-19-53-21-23-54-22-20-52-18-11-32(48)49;/h3-6,24,27,29H,1-2,7-23H2,(H,41,50)(H,48,49)(H2,42,43,51);1H2/t29-;/m0./s1. The number of aliphatic carboxylic acids is 1. The van der Waals surface area contributed by atoms with Gasteiger partial charge in [0, 0.05) is 45.3 Å². The van der Waals surface area contributed by atoms with E-state index in [0.29, 0.717) is 116 Å². The van der Waals surface area contributed by atoms with Gasteiger partial charge in [-0.2, -0.15) is 31.9 Å². The fourth-order valence-electron chi connectivity index (χ4n) is 6.21. The third-order valence-electron chi connectivity index (χ3n) is 9.11. The summed E-state index contributed by atoms with van der Waals surface area (Å²) in [6.07, 6.45) is -1.02. The molecule has 0 spiro atoms. The van der Waals surface area contributed by atoms with Crippen molar-refractivity contribution in [3.8, 4) is 6.07 Å². The van der Waals surface area contributed by atoms with Crippen LogP contribution in [0.25, 0.3) is 0 Å². The number of halogens is 3. The third kappa shape index (κ3) is 15.7. The number of hydrogen-bond donors (Lipinski definition) is 4. The Balaban J connectivity index is 0.00000812. The maximum Gasteiger partial charge on any atom is 0.451 e. The molecule has 4 N–H and O–H groups in total. The lowest BCUT2D eigenvalue weighted by Crippen LogP contribution is -2.44. The molecule has 0 aliphatic carbocycles. The molecule has 3 heterocycles. The SMILES string of the molecule is N#Cc1ccc(CCNC(=O)[C@@H]2CCCN2c2cc(N3CCC(CCNC(=O)NCCOCCOCCOCCC(=O)O)CC3)nc(C(F)(F)F)n2)cc1.S. The van der Waals surface area contributed by atoms with Gasteiger partial charge in [-0.1, -0.05) is 12.1 Å². The van der Waals surface area contributed by atoms with Gasteiger partial charge < -0.3 is 45.1 Å². The number of nitrogens with one attached hydrogen (secondary N) is 3. The molecule has 2 saturated heterocycles. The Morgan fingerprint density at radius 3 is 2.15 bits per heavy atom. The number of benzene rings is 1. The summed E-state index contributed by atoms with van der Waals surface area (Å²) in [6.45, 7) is 4.22. The Kier molecular flexibility index (Phi) is 19.2. The number of urea groups is 1. The summed E-state index contributed by atoms with van der Waals surface area (Å²) >= 11 is 0. The molecule has 15 nitrogen and oxygen atoms in total. The van der Waals surface area contributed by atoms with Gasteiger partial charge >= 0.3 is 18.2 Å². The molecule has 0 unspecified atom stereocenters. The summed E-state index contributed by atoms with van der Waals surface area (Å²) < 4.78 is 57.8. The number of ether oxygens (including phenoxy) is 3. The molecule has 2 aliphatic heterocycles. The molecule has 4 rings (SSSR count). The van der Waals surface area contributed by atoms with E-state index in [1.807, 2.05) is 17.0 Å². The molecule has 0 bridgehead atoms. The van der Waals surface area contributed by atoms with E-state index in [4.69, 9.17) is 24.6 Å². The smallest absolute Gasteiger partial charge is 0.451 e. The predicted molar refractivity (Wildman–Crippen MR) is 201 cm³/mol. The fourth-order valence-corrected chi connectivity index (χ4v) is 6.21. The Labute approximate surface area is 325 Å². The molecular formula is C36H51F3N8O7S. The average molecular weight is 797 g/mol. The van der Waals surface area contributed by atoms with Crippen LogP contribution in [0.2, 0.25) is 0 Å². The van der Waals surface area contributed by atoms with Gasteiger partial charge in [0.2, 0.25) is 11.7 Å². The predicted octanol–water partition coefficient (Wildman–Crippen LogP) is 3.24. The highest BCUT2D eigenvalue weighted by Gasteiger charge is 2.39. The molecule has 55 heavy (non-hydrogen) atoms. The van der Waals surface area contributed by atoms with E-state index in [9.17, 15) is 27.6 Å². The number of alkyl halides is 3. The van der Waals surface area contributed by atoms with Crippen LogP contribution < -0.4 is 25.8 Å². The Bertz CT molecular complexity index is 1540. The second-order valence-corrected chi connectivity index (χ2v) is 13.0. The maximum atomic E-state index is 14.0. The van der Waals surface area contributed by atoms with Crippen LogP contribution in [0.15, 0.2) is 30.3 Å². The monoisotopic (exact) mass is 796 g/mol. The van der Waals surface area contributed by atoms with E-state index in [1.54, 1.807) is 23.1 Å². The van der Waals surface area contributed by atoms with E-state index in [-0.39, 0.29) is 56.0 Å². The molecule has 304 valence electrons. The highest BCUT2D eigenvalue weighted by molar-refractivity contribution is 7.59. The van der Waals surface area contributed by atoms with Gasteiger partial charge in [-0.05, 0) is 62.1 Å². The minimum atomic E-state index is -4.77. The van der Waals surface area contributed by atoms with Crippen molar-refractivity contribution in [1.82, 2.24) is 25.9 Å². The number of carbonyl (C=O) groups excluding carboxylic acids is 2. The largest absolute Gasteiger partial charge is 0.481 e. The molecule has 0 saturated carbocycles. The lowest BCUT2D eigenvalue weighted by Gasteiger charge is -2.34. The van der Waals surface area contributed by atoms with Crippen LogP contribution in [-0.4, -0.2) is 118 Å². The number of piperidine rings is 1. The number of nitrogens with zero attached hydrogens (tertiary/aromatic N) is 5. The van der Waals surface area contributed by atoms with E-state index in [1.165, 1.54) is 0 Å². The third-order valence-corrected chi connectivity index (χ3v) is 9.11. The van der Waals surface area contributed by atoms with Gasteiger partial charge in [-0.25, -0.2) is 14.8 Å². The van der Waals surface area contributed by atoms with Crippen LogP contribution in [0.4, 0.5) is 29.6 Å².